The van der Waals surface area contributed by atoms with Gasteiger partial charge in [0, 0.05) is 25.3 Å². The van der Waals surface area contributed by atoms with Crippen LogP contribution in [0.5, 0.6) is 6.01 Å². The van der Waals surface area contributed by atoms with E-state index < -0.39 is 0 Å². The van der Waals surface area contributed by atoms with Crippen LogP contribution >= 0.6 is 0 Å². The molecule has 1 unspecified atom stereocenters. The zero-order valence-corrected chi connectivity index (χ0v) is 16.6. The number of carbonyl (C=O) groups is 1. The van der Waals surface area contributed by atoms with Crippen molar-refractivity contribution in [1.82, 2.24) is 9.97 Å². The maximum Gasteiger partial charge on any atom is 0.320 e. The van der Waals surface area contributed by atoms with Crippen LogP contribution in [0, 0.1) is 5.92 Å². The monoisotopic (exact) mass is 376 g/mol. The number of unbranched alkanes of at least 4 members (excludes halogenated alkanes) is 1. The first-order chi connectivity index (χ1) is 13.1. The standard InChI is InChI=1S/C20H32N4O3/c1-3-7-14(2)27-20-22-18(21)16-12-17(25)24(19(16)23-20)10-5-4-8-15-9-6-11-26-13-15/h14-15H,3-13H2,1-2H3,(H2,21,22,23)/t14-,15?/m0/s1. The summed E-state index contributed by atoms with van der Waals surface area (Å²) in [5.74, 6) is 1.70. The molecular weight excluding hydrogens is 344 g/mol. The van der Waals surface area contributed by atoms with Gasteiger partial charge in [-0.05, 0) is 44.9 Å². The van der Waals surface area contributed by atoms with Gasteiger partial charge in [0.25, 0.3) is 0 Å². The predicted octanol–water partition coefficient (Wildman–Crippen LogP) is 3.11. The molecule has 0 aromatic carbocycles. The Kier molecular flexibility index (Phi) is 6.88. The Morgan fingerprint density at radius 1 is 1.37 bits per heavy atom. The third kappa shape index (κ3) is 5.09. The molecule has 0 aliphatic carbocycles. The van der Waals surface area contributed by atoms with Crippen LogP contribution in [0.3, 0.4) is 0 Å². The van der Waals surface area contributed by atoms with Gasteiger partial charge in [-0.1, -0.05) is 19.8 Å². The molecule has 0 saturated carbocycles. The third-order valence-electron chi connectivity index (χ3n) is 5.38. The van der Waals surface area contributed by atoms with E-state index in [1.54, 1.807) is 4.90 Å². The second-order valence-corrected chi connectivity index (χ2v) is 7.71. The summed E-state index contributed by atoms with van der Waals surface area (Å²) in [7, 11) is 0. The molecule has 2 aliphatic rings. The van der Waals surface area contributed by atoms with E-state index >= 15 is 0 Å². The minimum Gasteiger partial charge on any atom is -0.460 e. The number of ether oxygens (including phenoxy) is 2. The van der Waals surface area contributed by atoms with Crippen LogP contribution in [0.25, 0.3) is 0 Å². The van der Waals surface area contributed by atoms with Crippen LogP contribution in [-0.4, -0.2) is 41.7 Å². The van der Waals surface area contributed by atoms with Gasteiger partial charge in [-0.2, -0.15) is 9.97 Å². The zero-order chi connectivity index (χ0) is 19.2. The smallest absolute Gasteiger partial charge is 0.320 e. The molecule has 0 spiro atoms. The molecule has 7 nitrogen and oxygen atoms in total. The maximum atomic E-state index is 12.5. The third-order valence-corrected chi connectivity index (χ3v) is 5.38. The number of amides is 1. The SMILES string of the molecule is CCC[C@H](C)Oc1nc(N)c2c(n1)N(CCCCC1CCCOC1)C(=O)C2. The topological polar surface area (TPSA) is 90.6 Å². The van der Waals surface area contributed by atoms with Crippen molar-refractivity contribution in [3.63, 3.8) is 0 Å². The summed E-state index contributed by atoms with van der Waals surface area (Å²) >= 11 is 0. The van der Waals surface area contributed by atoms with Crippen LogP contribution in [-0.2, 0) is 16.0 Å². The molecule has 1 aromatic heterocycles. The highest BCUT2D eigenvalue weighted by Crippen LogP contribution is 2.32. The number of nitrogen functional groups attached to an aromatic ring is 1. The van der Waals surface area contributed by atoms with E-state index in [4.69, 9.17) is 15.2 Å². The number of hydrogen-bond acceptors (Lipinski definition) is 6. The van der Waals surface area contributed by atoms with Gasteiger partial charge in [-0.15, -0.1) is 0 Å². The number of fused-ring (bicyclic) bond motifs is 1. The predicted molar refractivity (Wildman–Crippen MR) is 105 cm³/mol. The summed E-state index contributed by atoms with van der Waals surface area (Å²) in [5, 5.41) is 0. The first-order valence-electron chi connectivity index (χ1n) is 10.3. The summed E-state index contributed by atoms with van der Waals surface area (Å²) < 4.78 is 11.3. The Morgan fingerprint density at radius 2 is 2.22 bits per heavy atom. The average Bonchev–Trinajstić information content (AvgIpc) is 2.96. The van der Waals surface area contributed by atoms with Crippen molar-refractivity contribution in [2.24, 2.45) is 5.92 Å². The molecule has 3 rings (SSSR count). The van der Waals surface area contributed by atoms with Crippen molar-refractivity contribution in [1.29, 1.82) is 0 Å². The van der Waals surface area contributed by atoms with Gasteiger partial charge < -0.3 is 15.2 Å². The summed E-state index contributed by atoms with van der Waals surface area (Å²) in [6.07, 6.45) is 7.87. The van der Waals surface area contributed by atoms with E-state index in [1.165, 1.54) is 6.42 Å². The van der Waals surface area contributed by atoms with Crippen LogP contribution in [0.1, 0.15) is 64.4 Å². The quantitative estimate of drug-likeness (QED) is 0.666. The molecule has 27 heavy (non-hydrogen) atoms. The highest BCUT2D eigenvalue weighted by atomic mass is 16.5. The molecule has 1 amide bonds. The Hall–Kier alpha value is -1.89. The fraction of sp³-hybridized carbons (Fsp3) is 0.750. The highest BCUT2D eigenvalue weighted by molar-refractivity contribution is 6.01. The molecule has 1 aromatic rings. The van der Waals surface area contributed by atoms with E-state index in [-0.39, 0.29) is 24.4 Å². The number of aromatic nitrogens is 2. The van der Waals surface area contributed by atoms with Crippen molar-refractivity contribution >= 4 is 17.5 Å². The lowest BCUT2D eigenvalue weighted by Crippen LogP contribution is -2.28. The molecule has 3 heterocycles. The van der Waals surface area contributed by atoms with E-state index in [0.717, 1.165) is 57.3 Å². The molecule has 150 valence electrons. The lowest BCUT2D eigenvalue weighted by atomic mass is 9.96. The van der Waals surface area contributed by atoms with E-state index in [0.29, 0.717) is 24.1 Å². The van der Waals surface area contributed by atoms with E-state index in [1.807, 2.05) is 6.92 Å². The van der Waals surface area contributed by atoms with Crippen molar-refractivity contribution in [2.45, 2.75) is 71.3 Å². The largest absolute Gasteiger partial charge is 0.460 e. The van der Waals surface area contributed by atoms with Crippen LogP contribution in [0.4, 0.5) is 11.6 Å². The first-order valence-corrected chi connectivity index (χ1v) is 10.3. The van der Waals surface area contributed by atoms with E-state index in [2.05, 4.69) is 16.9 Å². The number of carbonyl (C=O) groups excluding carboxylic acids is 1. The van der Waals surface area contributed by atoms with Gasteiger partial charge >= 0.3 is 6.01 Å². The fourth-order valence-electron chi connectivity index (χ4n) is 3.89. The molecule has 0 radical (unpaired) electrons. The maximum absolute atomic E-state index is 12.5. The lowest BCUT2D eigenvalue weighted by molar-refractivity contribution is -0.117. The minimum absolute atomic E-state index is 0.0238. The van der Waals surface area contributed by atoms with Gasteiger partial charge in [-0.25, -0.2) is 0 Å². The van der Waals surface area contributed by atoms with Gasteiger partial charge in [0.05, 0.1) is 12.5 Å². The molecule has 2 aliphatic heterocycles. The molecule has 1 saturated heterocycles. The van der Waals surface area contributed by atoms with Gasteiger partial charge in [0.1, 0.15) is 11.6 Å². The summed E-state index contributed by atoms with van der Waals surface area (Å²) in [5.41, 5.74) is 6.81. The Balaban J connectivity index is 1.59. The average molecular weight is 377 g/mol. The Labute approximate surface area is 161 Å². The van der Waals surface area contributed by atoms with Crippen LogP contribution in [0.2, 0.25) is 0 Å². The second-order valence-electron chi connectivity index (χ2n) is 7.71. The van der Waals surface area contributed by atoms with Crippen LogP contribution < -0.4 is 15.4 Å². The number of anilines is 2. The van der Waals surface area contributed by atoms with E-state index in [9.17, 15) is 4.79 Å². The van der Waals surface area contributed by atoms with Gasteiger partial charge in [0.2, 0.25) is 5.91 Å². The minimum atomic E-state index is 0.0238. The van der Waals surface area contributed by atoms with Crippen molar-refractivity contribution in [3.05, 3.63) is 5.56 Å². The summed E-state index contributed by atoms with van der Waals surface area (Å²) in [4.78, 5) is 23.0. The summed E-state index contributed by atoms with van der Waals surface area (Å²) in [6.45, 7) is 6.55. The van der Waals surface area contributed by atoms with Crippen molar-refractivity contribution in [3.8, 4) is 6.01 Å². The molecule has 2 atom stereocenters. The Morgan fingerprint density at radius 3 is 2.96 bits per heavy atom. The number of nitrogens with two attached hydrogens (primary N) is 1. The molecule has 2 N–H and O–H groups in total. The molecule has 1 fully saturated rings. The first kappa shape index (κ1) is 19.9. The van der Waals surface area contributed by atoms with Crippen molar-refractivity contribution in [2.75, 3.05) is 30.4 Å². The van der Waals surface area contributed by atoms with Crippen LogP contribution in [0.15, 0.2) is 0 Å². The zero-order valence-electron chi connectivity index (χ0n) is 16.6. The lowest BCUT2D eigenvalue weighted by Gasteiger charge is -2.22. The molecular formula is C20H32N4O3. The van der Waals surface area contributed by atoms with Crippen molar-refractivity contribution < 1.29 is 14.3 Å². The fourth-order valence-corrected chi connectivity index (χ4v) is 3.89. The second kappa shape index (κ2) is 9.35. The highest BCUT2D eigenvalue weighted by Gasteiger charge is 2.32. The number of nitrogens with zero attached hydrogens (tertiary/aromatic N) is 3. The van der Waals surface area contributed by atoms with Gasteiger partial charge in [0.15, 0.2) is 0 Å². The molecule has 7 heteroatoms. The Bertz CT molecular complexity index is 646. The molecule has 0 bridgehead atoms. The normalized spacial score (nSPS) is 20.6. The number of hydrogen-bond donors (Lipinski definition) is 1. The number of rotatable bonds is 9. The van der Waals surface area contributed by atoms with Gasteiger partial charge in [-0.3, -0.25) is 9.69 Å². The summed E-state index contributed by atoms with van der Waals surface area (Å²) in [6, 6.07) is 0.270.